The molecule has 0 aliphatic rings. The Morgan fingerprint density at radius 3 is 2.91 bits per heavy atom. The van der Waals surface area contributed by atoms with Crippen molar-refractivity contribution >= 4 is 21.6 Å². The molecule has 0 amide bonds. The van der Waals surface area contributed by atoms with Crippen LogP contribution in [0.5, 0.6) is 0 Å². The van der Waals surface area contributed by atoms with Crippen LogP contribution in [0.25, 0.3) is 10.2 Å². The minimum atomic E-state index is 0.756. The van der Waals surface area contributed by atoms with E-state index in [1.54, 1.807) is 11.3 Å². The van der Waals surface area contributed by atoms with Crippen LogP contribution in [0.2, 0.25) is 0 Å². The Bertz CT molecular complexity index is 389. The summed E-state index contributed by atoms with van der Waals surface area (Å²) in [5, 5.41) is 0.756. The van der Waals surface area contributed by atoms with Gasteiger partial charge >= 0.3 is 0 Å². The topological polar surface area (TPSA) is 12.9 Å². The van der Waals surface area contributed by atoms with Gasteiger partial charge in [-0.2, -0.15) is 0 Å². The van der Waals surface area contributed by atoms with E-state index in [4.69, 9.17) is 6.42 Å². The van der Waals surface area contributed by atoms with Gasteiger partial charge in [0, 0.05) is 0 Å². The lowest BCUT2D eigenvalue weighted by atomic mass is 10.3. The molecule has 0 aliphatic carbocycles. The number of terminal acetylenes is 1. The normalized spacial score (nSPS) is 9.73. The van der Waals surface area contributed by atoms with Crippen LogP contribution < -0.4 is 0 Å². The highest BCUT2D eigenvalue weighted by Gasteiger charge is 1.97. The van der Waals surface area contributed by atoms with Crippen molar-refractivity contribution in [3.63, 3.8) is 0 Å². The molecule has 52 valence electrons. The second kappa shape index (κ2) is 2.37. The number of fused-ring (bicyclic) bond motifs is 1. The molecule has 0 bridgehead atoms. The van der Waals surface area contributed by atoms with Gasteiger partial charge in [-0.05, 0) is 18.1 Å². The molecule has 0 spiro atoms. The Labute approximate surface area is 68.7 Å². The van der Waals surface area contributed by atoms with Gasteiger partial charge < -0.3 is 0 Å². The molecular formula is C9H5NS. The Morgan fingerprint density at radius 2 is 2.18 bits per heavy atom. The van der Waals surface area contributed by atoms with E-state index >= 15 is 0 Å². The van der Waals surface area contributed by atoms with Crippen molar-refractivity contribution in [2.45, 2.75) is 0 Å². The molecule has 0 saturated heterocycles. The maximum atomic E-state index is 5.21. The first kappa shape index (κ1) is 6.38. The molecule has 1 heterocycles. The lowest BCUT2D eigenvalue weighted by molar-refractivity contribution is 1.46. The average Bonchev–Trinajstić information content (AvgIpc) is 2.46. The van der Waals surface area contributed by atoms with E-state index in [1.807, 2.05) is 24.3 Å². The van der Waals surface area contributed by atoms with Gasteiger partial charge in [0.05, 0.1) is 10.2 Å². The van der Waals surface area contributed by atoms with Gasteiger partial charge in [0.1, 0.15) is 0 Å². The van der Waals surface area contributed by atoms with Crippen LogP contribution in [0.15, 0.2) is 24.3 Å². The number of hydrogen-bond donors (Lipinski definition) is 0. The van der Waals surface area contributed by atoms with E-state index in [9.17, 15) is 0 Å². The van der Waals surface area contributed by atoms with Crippen molar-refractivity contribution in [2.75, 3.05) is 0 Å². The molecule has 2 heteroatoms. The summed E-state index contributed by atoms with van der Waals surface area (Å²) in [5.41, 5.74) is 0.991. The van der Waals surface area contributed by atoms with Gasteiger partial charge in [0.2, 0.25) is 0 Å². The molecule has 1 aromatic carbocycles. The van der Waals surface area contributed by atoms with Gasteiger partial charge in [-0.3, -0.25) is 0 Å². The van der Waals surface area contributed by atoms with Crippen LogP contribution in [0.1, 0.15) is 5.01 Å². The molecule has 0 aliphatic heterocycles. The van der Waals surface area contributed by atoms with Crippen molar-refractivity contribution in [1.29, 1.82) is 0 Å². The largest absolute Gasteiger partial charge is 0.228 e. The van der Waals surface area contributed by atoms with E-state index in [-0.39, 0.29) is 0 Å². The summed E-state index contributed by atoms with van der Waals surface area (Å²) in [6.07, 6.45) is 5.21. The fourth-order valence-corrected chi connectivity index (χ4v) is 1.71. The molecule has 0 unspecified atom stereocenters. The molecule has 0 saturated carbocycles. The molecule has 1 aromatic heterocycles. The lowest BCUT2D eigenvalue weighted by Gasteiger charge is -1.80. The third kappa shape index (κ3) is 0.997. The van der Waals surface area contributed by atoms with Crippen molar-refractivity contribution in [2.24, 2.45) is 0 Å². The van der Waals surface area contributed by atoms with Crippen molar-refractivity contribution < 1.29 is 0 Å². The van der Waals surface area contributed by atoms with Crippen LogP contribution in [-0.2, 0) is 0 Å². The maximum absolute atomic E-state index is 5.21. The number of aromatic nitrogens is 1. The van der Waals surface area contributed by atoms with E-state index in [2.05, 4.69) is 10.9 Å². The predicted molar refractivity (Wildman–Crippen MR) is 47.6 cm³/mol. The summed E-state index contributed by atoms with van der Waals surface area (Å²) < 4.78 is 1.15. The lowest BCUT2D eigenvalue weighted by Crippen LogP contribution is -1.67. The fraction of sp³-hybridized carbons (Fsp3) is 0. The first-order valence-corrected chi connectivity index (χ1v) is 4.04. The summed E-state index contributed by atoms with van der Waals surface area (Å²) in [6, 6.07) is 7.93. The molecule has 11 heavy (non-hydrogen) atoms. The van der Waals surface area contributed by atoms with E-state index in [0.29, 0.717) is 0 Å². The highest BCUT2D eigenvalue weighted by molar-refractivity contribution is 7.19. The summed E-state index contributed by atoms with van der Waals surface area (Å²) >= 11 is 1.55. The Balaban J connectivity index is 2.81. The summed E-state index contributed by atoms with van der Waals surface area (Å²) in [5.74, 6) is 2.52. The zero-order valence-electron chi connectivity index (χ0n) is 5.74. The molecule has 1 nitrogen and oxygen atoms in total. The minimum absolute atomic E-state index is 0.756. The zero-order chi connectivity index (χ0) is 7.68. The summed E-state index contributed by atoms with van der Waals surface area (Å²) in [6.45, 7) is 0. The molecule has 2 aromatic rings. The molecule has 0 radical (unpaired) electrons. The number of para-hydroxylation sites is 1. The van der Waals surface area contributed by atoms with Crippen molar-refractivity contribution in [3.8, 4) is 12.3 Å². The van der Waals surface area contributed by atoms with Gasteiger partial charge in [-0.15, -0.1) is 17.8 Å². The van der Waals surface area contributed by atoms with Crippen LogP contribution in [0, 0.1) is 12.3 Å². The van der Waals surface area contributed by atoms with Crippen LogP contribution in [0.3, 0.4) is 0 Å². The summed E-state index contributed by atoms with van der Waals surface area (Å²) in [7, 11) is 0. The third-order valence-electron chi connectivity index (χ3n) is 1.42. The van der Waals surface area contributed by atoms with Gasteiger partial charge in [-0.1, -0.05) is 12.1 Å². The van der Waals surface area contributed by atoms with E-state index < -0.39 is 0 Å². The number of nitrogens with zero attached hydrogens (tertiary/aromatic N) is 1. The van der Waals surface area contributed by atoms with Gasteiger partial charge in [0.25, 0.3) is 0 Å². The predicted octanol–water partition coefficient (Wildman–Crippen LogP) is 2.28. The first-order valence-electron chi connectivity index (χ1n) is 3.22. The smallest absolute Gasteiger partial charge is 0.167 e. The molecule has 2 rings (SSSR count). The fourth-order valence-electron chi connectivity index (χ4n) is 0.934. The van der Waals surface area contributed by atoms with Crippen LogP contribution >= 0.6 is 11.3 Å². The summed E-state index contributed by atoms with van der Waals surface area (Å²) in [4.78, 5) is 4.21. The SMILES string of the molecule is C#Cc1nc2ccccc2s1. The second-order valence-electron chi connectivity index (χ2n) is 2.13. The van der Waals surface area contributed by atoms with E-state index in [1.165, 1.54) is 0 Å². The highest BCUT2D eigenvalue weighted by atomic mass is 32.1. The van der Waals surface area contributed by atoms with Crippen molar-refractivity contribution in [3.05, 3.63) is 29.3 Å². The minimum Gasteiger partial charge on any atom is -0.228 e. The number of hydrogen-bond acceptors (Lipinski definition) is 2. The van der Waals surface area contributed by atoms with Gasteiger partial charge in [0.15, 0.2) is 5.01 Å². The average molecular weight is 159 g/mol. The van der Waals surface area contributed by atoms with Crippen LogP contribution in [-0.4, -0.2) is 4.98 Å². The maximum Gasteiger partial charge on any atom is 0.167 e. The molecule has 0 atom stereocenters. The Hall–Kier alpha value is -1.33. The third-order valence-corrected chi connectivity index (χ3v) is 2.38. The molecule has 0 fully saturated rings. The standard InChI is InChI=1S/C9H5NS/c1-2-9-10-7-5-3-4-6-8(7)11-9/h1,3-6H. The van der Waals surface area contributed by atoms with Gasteiger partial charge in [-0.25, -0.2) is 4.98 Å². The first-order chi connectivity index (χ1) is 5.40. The second-order valence-corrected chi connectivity index (χ2v) is 3.16. The van der Waals surface area contributed by atoms with Crippen molar-refractivity contribution in [1.82, 2.24) is 4.98 Å². The number of rotatable bonds is 0. The van der Waals surface area contributed by atoms with Crippen LogP contribution in [0.4, 0.5) is 0 Å². The number of benzene rings is 1. The zero-order valence-corrected chi connectivity index (χ0v) is 6.56. The quantitative estimate of drug-likeness (QED) is 0.537. The van der Waals surface area contributed by atoms with E-state index in [0.717, 1.165) is 15.2 Å². The Kier molecular flexibility index (Phi) is 1.38. The Morgan fingerprint density at radius 1 is 1.36 bits per heavy atom. The number of thiazole rings is 1. The molecular weight excluding hydrogens is 154 g/mol. The molecule has 0 N–H and O–H groups in total. The monoisotopic (exact) mass is 159 g/mol. The highest BCUT2D eigenvalue weighted by Crippen LogP contribution is 2.20.